The molecule has 15 heavy (non-hydrogen) atoms. The second-order valence-corrected chi connectivity index (χ2v) is 4.12. The maximum atomic E-state index is 3.79. The minimum absolute atomic E-state index is 1.10. The molecule has 0 unspecified atom stereocenters. The van der Waals surface area contributed by atoms with E-state index in [1.807, 2.05) is 6.92 Å². The van der Waals surface area contributed by atoms with Crippen molar-refractivity contribution in [1.29, 1.82) is 0 Å². The maximum absolute atomic E-state index is 3.79. The van der Waals surface area contributed by atoms with Gasteiger partial charge in [-0.2, -0.15) is 0 Å². The van der Waals surface area contributed by atoms with E-state index in [1.165, 1.54) is 16.8 Å². The second-order valence-electron chi connectivity index (χ2n) is 4.12. The summed E-state index contributed by atoms with van der Waals surface area (Å²) in [5.41, 5.74) is 5.94. The Morgan fingerprint density at radius 1 is 1.00 bits per heavy atom. The van der Waals surface area contributed by atoms with E-state index >= 15 is 0 Å². The molecule has 0 fully saturated rings. The Hall–Kier alpha value is -1.31. The first-order chi connectivity index (χ1) is 6.90. The fourth-order valence-corrected chi connectivity index (χ4v) is 1.13. The van der Waals surface area contributed by atoms with Gasteiger partial charge < -0.3 is 5.32 Å². The fourth-order valence-electron chi connectivity index (χ4n) is 1.13. The van der Waals surface area contributed by atoms with E-state index in [0.29, 0.717) is 0 Å². The SMILES string of the molecule is C=N/C=C(/C)C(NC(C)=C(C)C)=C(C)C. The van der Waals surface area contributed by atoms with Crippen molar-refractivity contribution < 1.29 is 0 Å². The van der Waals surface area contributed by atoms with Crippen molar-refractivity contribution in [3.63, 3.8) is 0 Å². The lowest BCUT2D eigenvalue weighted by molar-refractivity contribution is 0.924. The van der Waals surface area contributed by atoms with Gasteiger partial charge in [-0.1, -0.05) is 11.1 Å². The highest BCUT2D eigenvalue weighted by Gasteiger charge is 2.03. The smallest absolute Gasteiger partial charge is 0.0413 e. The topological polar surface area (TPSA) is 24.4 Å². The third-order valence-electron chi connectivity index (χ3n) is 2.24. The van der Waals surface area contributed by atoms with Crippen LogP contribution in [0.4, 0.5) is 0 Å². The first-order valence-electron chi connectivity index (χ1n) is 5.11. The van der Waals surface area contributed by atoms with Crippen LogP contribution in [0.25, 0.3) is 0 Å². The van der Waals surface area contributed by atoms with Gasteiger partial charge in [-0.25, -0.2) is 0 Å². The van der Waals surface area contributed by atoms with Crippen molar-refractivity contribution in [2.75, 3.05) is 0 Å². The standard InChI is InChI=1S/C13H22N2/c1-9(2)12(6)15-13(10(3)4)11(5)8-14-7/h8,15H,7H2,1-6H3/b11-8-. The lowest BCUT2D eigenvalue weighted by Crippen LogP contribution is -2.14. The van der Waals surface area contributed by atoms with Gasteiger partial charge in [0.2, 0.25) is 0 Å². The predicted octanol–water partition coefficient (Wildman–Crippen LogP) is 3.79. The minimum atomic E-state index is 1.10. The maximum Gasteiger partial charge on any atom is 0.0413 e. The van der Waals surface area contributed by atoms with Crippen LogP contribution in [0.1, 0.15) is 41.5 Å². The molecule has 0 aromatic heterocycles. The summed E-state index contributed by atoms with van der Waals surface area (Å²) < 4.78 is 0. The zero-order chi connectivity index (χ0) is 12.0. The van der Waals surface area contributed by atoms with Crippen LogP contribution in [0.5, 0.6) is 0 Å². The van der Waals surface area contributed by atoms with Crippen molar-refractivity contribution in [1.82, 2.24) is 5.32 Å². The van der Waals surface area contributed by atoms with E-state index in [-0.39, 0.29) is 0 Å². The van der Waals surface area contributed by atoms with Crippen molar-refractivity contribution in [2.45, 2.75) is 41.5 Å². The van der Waals surface area contributed by atoms with Crippen molar-refractivity contribution >= 4 is 6.72 Å². The number of allylic oxidation sites excluding steroid dienone is 4. The van der Waals surface area contributed by atoms with Gasteiger partial charge in [0.05, 0.1) is 0 Å². The molecule has 0 atom stereocenters. The van der Waals surface area contributed by atoms with E-state index in [4.69, 9.17) is 0 Å². The molecule has 0 spiro atoms. The Kier molecular flexibility index (Phi) is 5.68. The van der Waals surface area contributed by atoms with Crippen LogP contribution in [0.2, 0.25) is 0 Å². The van der Waals surface area contributed by atoms with Gasteiger partial charge in [0.15, 0.2) is 0 Å². The number of hydrogen-bond acceptors (Lipinski definition) is 2. The van der Waals surface area contributed by atoms with Crippen molar-refractivity contribution in [3.05, 3.63) is 34.3 Å². The molecule has 0 aliphatic rings. The van der Waals surface area contributed by atoms with E-state index in [1.54, 1.807) is 6.20 Å². The van der Waals surface area contributed by atoms with Crippen LogP contribution >= 0.6 is 0 Å². The van der Waals surface area contributed by atoms with Crippen LogP contribution < -0.4 is 5.32 Å². The van der Waals surface area contributed by atoms with Crippen LogP contribution in [0.15, 0.2) is 39.3 Å². The molecule has 0 saturated heterocycles. The monoisotopic (exact) mass is 206 g/mol. The molecule has 0 radical (unpaired) electrons. The molecule has 0 amide bonds. The van der Waals surface area contributed by atoms with Gasteiger partial charge in [0.1, 0.15) is 0 Å². The minimum Gasteiger partial charge on any atom is -0.359 e. The van der Waals surface area contributed by atoms with Gasteiger partial charge in [0.25, 0.3) is 0 Å². The van der Waals surface area contributed by atoms with E-state index in [9.17, 15) is 0 Å². The second kappa shape index (κ2) is 6.23. The lowest BCUT2D eigenvalue weighted by Gasteiger charge is -2.15. The normalized spacial score (nSPS) is 10.7. The molecule has 0 saturated carbocycles. The summed E-state index contributed by atoms with van der Waals surface area (Å²) in [6, 6.07) is 0. The third kappa shape index (κ3) is 4.63. The molecule has 1 N–H and O–H groups in total. The zero-order valence-corrected chi connectivity index (χ0v) is 10.7. The molecule has 0 aromatic carbocycles. The van der Waals surface area contributed by atoms with E-state index in [2.05, 4.69) is 51.6 Å². The number of nitrogens with one attached hydrogen (secondary N) is 1. The average molecular weight is 206 g/mol. The molecular weight excluding hydrogens is 184 g/mol. The highest BCUT2D eigenvalue weighted by atomic mass is 14.9. The molecule has 0 aliphatic carbocycles. The number of rotatable bonds is 4. The van der Waals surface area contributed by atoms with Gasteiger partial charge in [-0.05, 0) is 53.8 Å². The highest BCUT2D eigenvalue weighted by molar-refractivity contribution is 5.36. The van der Waals surface area contributed by atoms with Crippen LogP contribution in [0, 0.1) is 0 Å². The Morgan fingerprint density at radius 3 is 1.87 bits per heavy atom. The number of nitrogens with zero attached hydrogens (tertiary/aromatic N) is 1. The molecule has 0 aliphatic heterocycles. The lowest BCUT2D eigenvalue weighted by atomic mass is 10.1. The Balaban J connectivity index is 5.07. The number of aliphatic imine (C=N–C) groups is 1. The van der Waals surface area contributed by atoms with Gasteiger partial charge >= 0.3 is 0 Å². The van der Waals surface area contributed by atoms with Gasteiger partial charge in [-0.15, -0.1) is 0 Å². The van der Waals surface area contributed by atoms with Crippen molar-refractivity contribution in [3.8, 4) is 0 Å². The van der Waals surface area contributed by atoms with Gasteiger partial charge in [-0.3, -0.25) is 4.99 Å². The summed E-state index contributed by atoms with van der Waals surface area (Å²) in [6.07, 6.45) is 1.77. The molecule has 0 bridgehead atoms. The first-order valence-corrected chi connectivity index (χ1v) is 5.11. The van der Waals surface area contributed by atoms with Crippen LogP contribution in [-0.4, -0.2) is 6.72 Å². The zero-order valence-electron chi connectivity index (χ0n) is 10.7. The van der Waals surface area contributed by atoms with E-state index in [0.717, 1.165) is 11.3 Å². The molecule has 2 nitrogen and oxygen atoms in total. The average Bonchev–Trinajstić information content (AvgIpc) is 2.13. The first kappa shape index (κ1) is 13.7. The Bertz CT molecular complexity index is 322. The summed E-state index contributed by atoms with van der Waals surface area (Å²) in [6.45, 7) is 15.9. The fraction of sp³-hybridized carbons (Fsp3) is 0.462. The third-order valence-corrected chi connectivity index (χ3v) is 2.24. The largest absolute Gasteiger partial charge is 0.359 e. The van der Waals surface area contributed by atoms with Crippen LogP contribution in [0.3, 0.4) is 0 Å². The molecular formula is C13H22N2. The quantitative estimate of drug-likeness (QED) is 0.549. The molecule has 0 heterocycles. The molecule has 0 aromatic rings. The Morgan fingerprint density at radius 2 is 1.53 bits per heavy atom. The van der Waals surface area contributed by atoms with Crippen LogP contribution in [-0.2, 0) is 0 Å². The summed E-state index contributed by atoms with van der Waals surface area (Å²) in [4.78, 5) is 3.79. The summed E-state index contributed by atoms with van der Waals surface area (Å²) in [5, 5.41) is 3.40. The Labute approximate surface area is 93.5 Å². The number of hydrogen-bond donors (Lipinski definition) is 1. The molecule has 84 valence electrons. The summed E-state index contributed by atoms with van der Waals surface area (Å²) in [5.74, 6) is 0. The molecule has 2 heteroatoms. The molecule has 0 rings (SSSR count). The van der Waals surface area contributed by atoms with E-state index < -0.39 is 0 Å². The summed E-state index contributed by atoms with van der Waals surface area (Å²) in [7, 11) is 0. The van der Waals surface area contributed by atoms with Gasteiger partial charge in [0, 0.05) is 17.6 Å². The summed E-state index contributed by atoms with van der Waals surface area (Å²) >= 11 is 0. The highest BCUT2D eigenvalue weighted by Crippen LogP contribution is 2.14. The van der Waals surface area contributed by atoms with Crippen molar-refractivity contribution in [2.24, 2.45) is 4.99 Å². The predicted molar refractivity (Wildman–Crippen MR) is 68.9 cm³/mol.